The van der Waals surface area contributed by atoms with Gasteiger partial charge in [0.25, 0.3) is 0 Å². The molecule has 2 aromatic rings. The molecule has 0 atom stereocenters. The number of benzene rings is 1. The van der Waals surface area contributed by atoms with Gasteiger partial charge in [0.15, 0.2) is 0 Å². The summed E-state index contributed by atoms with van der Waals surface area (Å²) in [5.74, 6) is 5.78. The fraction of sp³-hybridized carbons (Fsp3) is 0.143. The van der Waals surface area contributed by atoms with E-state index >= 15 is 0 Å². The van der Waals surface area contributed by atoms with E-state index in [1.165, 1.54) is 6.92 Å². The van der Waals surface area contributed by atoms with Crippen LogP contribution in [0.15, 0.2) is 30.3 Å². The van der Waals surface area contributed by atoms with Crippen LogP contribution in [0.4, 0.5) is 0 Å². The number of carbonyl (C=O) groups excluding carboxylic acids is 1. The average molecular weight is 259 g/mol. The summed E-state index contributed by atoms with van der Waals surface area (Å²) >= 11 is 5.81. The molecule has 0 radical (unpaired) electrons. The van der Waals surface area contributed by atoms with Gasteiger partial charge in [-0.3, -0.25) is 4.79 Å². The molecule has 0 aliphatic rings. The summed E-state index contributed by atoms with van der Waals surface area (Å²) in [7, 11) is 0. The number of amides is 1. The highest BCUT2D eigenvalue weighted by molar-refractivity contribution is 6.29. The Hall–Kier alpha value is -2.05. The van der Waals surface area contributed by atoms with Crippen molar-refractivity contribution in [2.45, 2.75) is 6.92 Å². The lowest BCUT2D eigenvalue weighted by atomic mass is 10.1. The lowest BCUT2D eigenvalue weighted by Gasteiger charge is -1.98. The zero-order chi connectivity index (χ0) is 13.0. The number of nitrogens with one attached hydrogen (secondary N) is 1. The Bertz CT molecular complexity index is 656. The number of fused-ring (bicyclic) bond motifs is 1. The Morgan fingerprint density at radius 2 is 2.22 bits per heavy atom. The van der Waals surface area contributed by atoms with Crippen molar-refractivity contribution in [3.63, 3.8) is 0 Å². The molecule has 0 saturated carbocycles. The third kappa shape index (κ3) is 3.22. The molecule has 90 valence electrons. The number of nitrogens with zero attached hydrogens (tertiary/aromatic N) is 1. The fourth-order valence-corrected chi connectivity index (χ4v) is 1.65. The van der Waals surface area contributed by atoms with E-state index in [1.807, 2.05) is 24.3 Å². The fourth-order valence-electron chi connectivity index (χ4n) is 1.49. The molecule has 3 nitrogen and oxygen atoms in total. The Labute approximate surface area is 110 Å². The second kappa shape index (κ2) is 5.52. The van der Waals surface area contributed by atoms with Crippen LogP contribution in [0.25, 0.3) is 10.9 Å². The van der Waals surface area contributed by atoms with Crippen LogP contribution in [0.5, 0.6) is 0 Å². The Kier molecular flexibility index (Phi) is 3.81. The minimum Gasteiger partial charge on any atom is -0.345 e. The van der Waals surface area contributed by atoms with Crippen LogP contribution in [0, 0.1) is 11.8 Å². The third-order valence-corrected chi connectivity index (χ3v) is 2.52. The largest absolute Gasteiger partial charge is 0.345 e. The molecule has 0 spiro atoms. The van der Waals surface area contributed by atoms with Crippen molar-refractivity contribution in [2.75, 3.05) is 6.54 Å². The second-order valence-corrected chi connectivity index (χ2v) is 4.14. The van der Waals surface area contributed by atoms with E-state index in [2.05, 4.69) is 22.1 Å². The molecule has 1 N–H and O–H groups in total. The van der Waals surface area contributed by atoms with Gasteiger partial charge < -0.3 is 5.32 Å². The first-order valence-corrected chi connectivity index (χ1v) is 5.82. The SMILES string of the molecule is CC(=O)NCC#Cc1ccc2nc(Cl)ccc2c1. The molecular formula is C14H11ClN2O. The van der Waals surface area contributed by atoms with Crippen LogP contribution in [-0.4, -0.2) is 17.4 Å². The van der Waals surface area contributed by atoms with Crippen molar-refractivity contribution < 1.29 is 4.79 Å². The van der Waals surface area contributed by atoms with Crippen molar-refractivity contribution in [2.24, 2.45) is 0 Å². The molecule has 18 heavy (non-hydrogen) atoms. The van der Waals surface area contributed by atoms with Gasteiger partial charge >= 0.3 is 0 Å². The maximum atomic E-state index is 10.7. The highest BCUT2D eigenvalue weighted by Gasteiger charge is 1.97. The topological polar surface area (TPSA) is 42.0 Å². The van der Waals surface area contributed by atoms with Gasteiger partial charge in [-0.1, -0.05) is 23.4 Å². The smallest absolute Gasteiger partial charge is 0.217 e. The molecule has 0 fully saturated rings. The molecule has 0 unspecified atom stereocenters. The van der Waals surface area contributed by atoms with Crippen LogP contribution in [0.2, 0.25) is 5.15 Å². The maximum Gasteiger partial charge on any atom is 0.217 e. The monoisotopic (exact) mass is 258 g/mol. The van der Waals surface area contributed by atoms with Crippen LogP contribution in [-0.2, 0) is 4.79 Å². The summed E-state index contributed by atoms with van der Waals surface area (Å²) in [6, 6.07) is 9.36. The molecule has 0 saturated heterocycles. The predicted molar refractivity (Wildman–Crippen MR) is 72.3 cm³/mol. The van der Waals surface area contributed by atoms with E-state index in [1.54, 1.807) is 6.07 Å². The summed E-state index contributed by atoms with van der Waals surface area (Å²) in [6.45, 7) is 1.82. The molecule has 4 heteroatoms. The summed E-state index contributed by atoms with van der Waals surface area (Å²) < 4.78 is 0. The molecule has 1 aromatic heterocycles. The van der Waals surface area contributed by atoms with E-state index in [0.29, 0.717) is 11.7 Å². The number of hydrogen-bond acceptors (Lipinski definition) is 2. The standard InChI is InChI=1S/C14H11ClN2O/c1-10(18)16-8-2-3-11-4-6-13-12(9-11)5-7-14(15)17-13/h4-7,9H,8H2,1H3,(H,16,18). The van der Waals surface area contributed by atoms with Gasteiger partial charge in [-0.05, 0) is 30.3 Å². The zero-order valence-corrected chi connectivity index (χ0v) is 10.6. The first kappa shape index (κ1) is 12.4. The molecule has 2 rings (SSSR count). The molecule has 0 aliphatic heterocycles. The van der Waals surface area contributed by atoms with Gasteiger partial charge in [0.2, 0.25) is 5.91 Å². The van der Waals surface area contributed by atoms with Crippen LogP contribution in [0.1, 0.15) is 12.5 Å². The third-order valence-electron chi connectivity index (χ3n) is 2.31. The summed E-state index contributed by atoms with van der Waals surface area (Å²) in [5.41, 5.74) is 1.73. The number of halogens is 1. The second-order valence-electron chi connectivity index (χ2n) is 3.75. The number of rotatable bonds is 1. The molecule has 1 heterocycles. The van der Waals surface area contributed by atoms with Gasteiger partial charge in [-0.25, -0.2) is 4.98 Å². The summed E-state index contributed by atoms with van der Waals surface area (Å²) in [4.78, 5) is 14.9. The van der Waals surface area contributed by atoms with Crippen molar-refractivity contribution in [3.05, 3.63) is 41.0 Å². The van der Waals surface area contributed by atoms with Crippen molar-refractivity contribution >= 4 is 28.4 Å². The van der Waals surface area contributed by atoms with E-state index in [0.717, 1.165) is 16.5 Å². The van der Waals surface area contributed by atoms with E-state index in [4.69, 9.17) is 11.6 Å². The molecule has 1 aromatic carbocycles. The minimum absolute atomic E-state index is 0.0818. The molecule has 1 amide bonds. The molecular weight excluding hydrogens is 248 g/mol. The Morgan fingerprint density at radius 3 is 3.00 bits per heavy atom. The average Bonchev–Trinajstić information content (AvgIpc) is 2.34. The number of hydrogen-bond donors (Lipinski definition) is 1. The lowest BCUT2D eigenvalue weighted by molar-refractivity contribution is -0.118. The van der Waals surface area contributed by atoms with Crippen molar-refractivity contribution in [1.82, 2.24) is 10.3 Å². The van der Waals surface area contributed by atoms with Gasteiger partial charge in [0, 0.05) is 17.9 Å². The number of pyridine rings is 1. The van der Waals surface area contributed by atoms with Crippen molar-refractivity contribution in [1.29, 1.82) is 0 Å². The highest BCUT2D eigenvalue weighted by Crippen LogP contribution is 2.16. The van der Waals surface area contributed by atoms with Gasteiger partial charge in [-0.15, -0.1) is 0 Å². The quantitative estimate of drug-likeness (QED) is 0.630. The lowest BCUT2D eigenvalue weighted by Crippen LogP contribution is -2.19. The first-order valence-electron chi connectivity index (χ1n) is 5.45. The summed E-state index contributed by atoms with van der Waals surface area (Å²) in [6.07, 6.45) is 0. The maximum absolute atomic E-state index is 10.7. The Balaban J connectivity index is 2.20. The minimum atomic E-state index is -0.0818. The predicted octanol–water partition coefficient (Wildman–Crippen LogP) is 2.38. The number of aromatic nitrogens is 1. The van der Waals surface area contributed by atoms with Gasteiger partial charge in [-0.2, -0.15) is 0 Å². The Morgan fingerprint density at radius 1 is 1.39 bits per heavy atom. The normalized spacial score (nSPS) is 9.67. The van der Waals surface area contributed by atoms with Crippen LogP contribution in [0.3, 0.4) is 0 Å². The zero-order valence-electron chi connectivity index (χ0n) is 9.83. The van der Waals surface area contributed by atoms with E-state index < -0.39 is 0 Å². The summed E-state index contributed by atoms with van der Waals surface area (Å²) in [5, 5.41) is 4.09. The molecule has 0 bridgehead atoms. The van der Waals surface area contributed by atoms with Gasteiger partial charge in [0.05, 0.1) is 12.1 Å². The first-order chi connectivity index (χ1) is 8.65. The highest BCUT2D eigenvalue weighted by atomic mass is 35.5. The van der Waals surface area contributed by atoms with Gasteiger partial charge in [0.1, 0.15) is 5.15 Å². The van der Waals surface area contributed by atoms with E-state index in [9.17, 15) is 4.79 Å². The van der Waals surface area contributed by atoms with Crippen LogP contribution < -0.4 is 5.32 Å². The van der Waals surface area contributed by atoms with E-state index in [-0.39, 0.29) is 5.91 Å². The van der Waals surface area contributed by atoms with Crippen LogP contribution >= 0.6 is 11.6 Å². The number of carbonyl (C=O) groups is 1. The molecule has 0 aliphatic carbocycles. The van der Waals surface area contributed by atoms with Crippen molar-refractivity contribution in [3.8, 4) is 11.8 Å².